The fourth-order valence-corrected chi connectivity index (χ4v) is 1.54. The van der Waals surface area contributed by atoms with Gasteiger partial charge in [0.25, 0.3) is 0 Å². The van der Waals surface area contributed by atoms with Crippen LogP contribution in [-0.2, 0) is 9.53 Å². The molecular weight excluding hydrogens is 196 g/mol. The first kappa shape index (κ1) is 12.4. The van der Waals surface area contributed by atoms with Crippen molar-refractivity contribution in [2.24, 2.45) is 5.73 Å². The third-order valence-electron chi connectivity index (χ3n) is 2.30. The molecule has 1 rings (SSSR count). The maximum absolute atomic E-state index is 10.8. The molecule has 88 valence electrons. The molecule has 0 saturated carbocycles. The number of nitrogens with one attached hydrogen (secondary N) is 1. The van der Waals surface area contributed by atoms with Crippen LogP contribution in [0, 0.1) is 0 Å². The van der Waals surface area contributed by atoms with E-state index in [1.54, 1.807) is 0 Å². The summed E-state index contributed by atoms with van der Waals surface area (Å²) in [4.78, 5) is 10.8. The zero-order valence-electron chi connectivity index (χ0n) is 9.32. The molecule has 2 atom stereocenters. The van der Waals surface area contributed by atoms with Crippen LogP contribution in [0.15, 0.2) is 0 Å². The Labute approximate surface area is 90.0 Å². The second-order valence-electron chi connectivity index (χ2n) is 4.78. The van der Waals surface area contributed by atoms with E-state index >= 15 is 0 Å². The topological polar surface area (TPSA) is 84.6 Å². The second kappa shape index (κ2) is 4.92. The molecule has 15 heavy (non-hydrogen) atoms. The van der Waals surface area contributed by atoms with Gasteiger partial charge in [0.05, 0.1) is 6.61 Å². The molecule has 1 fully saturated rings. The summed E-state index contributed by atoms with van der Waals surface area (Å²) >= 11 is 0. The van der Waals surface area contributed by atoms with Crippen molar-refractivity contribution >= 4 is 5.97 Å². The Balaban J connectivity index is 2.34. The van der Waals surface area contributed by atoms with E-state index in [1.165, 1.54) is 0 Å². The van der Waals surface area contributed by atoms with Crippen LogP contribution in [0.5, 0.6) is 0 Å². The van der Waals surface area contributed by atoms with Gasteiger partial charge < -0.3 is 15.6 Å². The van der Waals surface area contributed by atoms with Gasteiger partial charge in [-0.3, -0.25) is 10.1 Å². The fourth-order valence-electron chi connectivity index (χ4n) is 1.54. The monoisotopic (exact) mass is 216 g/mol. The van der Waals surface area contributed by atoms with Crippen molar-refractivity contribution in [2.45, 2.75) is 50.9 Å². The predicted octanol–water partition coefficient (Wildman–Crippen LogP) is 0.293. The van der Waals surface area contributed by atoms with Gasteiger partial charge in [-0.1, -0.05) is 0 Å². The zero-order chi connectivity index (χ0) is 11.5. The highest BCUT2D eigenvalue weighted by Gasteiger charge is 2.27. The third kappa shape index (κ3) is 4.59. The minimum absolute atomic E-state index is 0.178. The number of carboxylic acid groups (broad SMARTS) is 1. The Morgan fingerprint density at radius 1 is 1.60 bits per heavy atom. The van der Waals surface area contributed by atoms with Gasteiger partial charge in [-0.05, 0) is 33.1 Å². The first-order valence-electron chi connectivity index (χ1n) is 5.28. The Kier molecular flexibility index (Phi) is 4.07. The van der Waals surface area contributed by atoms with Gasteiger partial charge >= 0.3 is 5.97 Å². The summed E-state index contributed by atoms with van der Waals surface area (Å²) in [5.74, 6) is -0.810. The summed E-state index contributed by atoms with van der Waals surface area (Å²) in [6.45, 7) is 4.19. The van der Waals surface area contributed by atoms with Crippen LogP contribution < -0.4 is 11.1 Å². The largest absolute Gasteiger partial charge is 0.480 e. The first-order chi connectivity index (χ1) is 6.88. The summed E-state index contributed by atoms with van der Waals surface area (Å²) < 4.78 is 5.53. The van der Waals surface area contributed by atoms with Gasteiger partial charge in [-0.2, -0.15) is 0 Å². The number of carbonyl (C=O) groups is 1. The molecule has 0 aromatic heterocycles. The number of carboxylic acids is 1. The van der Waals surface area contributed by atoms with E-state index in [2.05, 4.69) is 5.32 Å². The van der Waals surface area contributed by atoms with Gasteiger partial charge in [0.1, 0.15) is 12.3 Å². The molecule has 0 aliphatic carbocycles. The maximum Gasteiger partial charge on any atom is 0.320 e. The SMILES string of the molecule is CC(C)(N)COC1CCCC(C(=O)O)N1. The number of piperidine rings is 1. The predicted molar refractivity (Wildman–Crippen MR) is 56.4 cm³/mol. The molecule has 2 unspecified atom stereocenters. The van der Waals surface area contributed by atoms with Crippen LogP contribution in [0.3, 0.4) is 0 Å². The molecule has 0 aromatic rings. The normalized spacial score (nSPS) is 27.7. The molecular formula is C10H20N2O3. The van der Waals surface area contributed by atoms with Crippen molar-refractivity contribution in [1.29, 1.82) is 0 Å². The lowest BCUT2D eigenvalue weighted by Gasteiger charge is -2.30. The molecule has 1 heterocycles. The highest BCUT2D eigenvalue weighted by Crippen LogP contribution is 2.14. The lowest BCUT2D eigenvalue weighted by atomic mass is 10.0. The second-order valence-corrected chi connectivity index (χ2v) is 4.78. The Morgan fingerprint density at radius 2 is 2.27 bits per heavy atom. The molecule has 5 heteroatoms. The number of rotatable bonds is 4. The highest BCUT2D eigenvalue weighted by molar-refractivity contribution is 5.73. The number of hydrogen-bond acceptors (Lipinski definition) is 4. The minimum atomic E-state index is -0.810. The van der Waals surface area contributed by atoms with Gasteiger partial charge in [0.2, 0.25) is 0 Å². The van der Waals surface area contributed by atoms with E-state index in [9.17, 15) is 4.79 Å². The highest BCUT2D eigenvalue weighted by atomic mass is 16.5. The van der Waals surface area contributed by atoms with Gasteiger partial charge in [0.15, 0.2) is 0 Å². The lowest BCUT2D eigenvalue weighted by Crippen LogP contribution is -2.50. The maximum atomic E-state index is 10.8. The van der Waals surface area contributed by atoms with E-state index < -0.39 is 12.0 Å². The van der Waals surface area contributed by atoms with Gasteiger partial charge in [-0.15, -0.1) is 0 Å². The molecule has 1 aliphatic rings. The molecule has 4 N–H and O–H groups in total. The van der Waals surface area contributed by atoms with E-state index in [0.29, 0.717) is 13.0 Å². The fraction of sp³-hybridized carbons (Fsp3) is 0.900. The number of ether oxygens (including phenoxy) is 1. The summed E-state index contributed by atoms with van der Waals surface area (Å²) in [6.07, 6.45) is 2.21. The van der Waals surface area contributed by atoms with Crippen LogP contribution in [0.1, 0.15) is 33.1 Å². The molecule has 0 radical (unpaired) electrons. The van der Waals surface area contributed by atoms with Crippen molar-refractivity contribution in [3.8, 4) is 0 Å². The molecule has 1 aliphatic heterocycles. The van der Waals surface area contributed by atoms with Crippen molar-refractivity contribution < 1.29 is 14.6 Å². The van der Waals surface area contributed by atoms with E-state index in [1.807, 2.05) is 13.8 Å². The van der Waals surface area contributed by atoms with Crippen LogP contribution >= 0.6 is 0 Å². The van der Waals surface area contributed by atoms with Crippen molar-refractivity contribution in [1.82, 2.24) is 5.32 Å². The molecule has 5 nitrogen and oxygen atoms in total. The molecule has 0 spiro atoms. The van der Waals surface area contributed by atoms with Crippen molar-refractivity contribution in [3.63, 3.8) is 0 Å². The number of aliphatic carboxylic acids is 1. The van der Waals surface area contributed by atoms with Crippen molar-refractivity contribution in [3.05, 3.63) is 0 Å². The van der Waals surface area contributed by atoms with Gasteiger partial charge in [-0.25, -0.2) is 0 Å². The number of hydrogen-bond donors (Lipinski definition) is 3. The average Bonchev–Trinajstić information content (AvgIpc) is 2.14. The smallest absolute Gasteiger partial charge is 0.320 e. The third-order valence-corrected chi connectivity index (χ3v) is 2.30. The van der Waals surface area contributed by atoms with Crippen LogP contribution in [0.4, 0.5) is 0 Å². The van der Waals surface area contributed by atoms with Gasteiger partial charge in [0, 0.05) is 5.54 Å². The Morgan fingerprint density at radius 3 is 2.80 bits per heavy atom. The first-order valence-corrected chi connectivity index (χ1v) is 5.28. The van der Waals surface area contributed by atoms with E-state index in [4.69, 9.17) is 15.6 Å². The van der Waals surface area contributed by atoms with Crippen LogP contribution in [-0.4, -0.2) is 35.5 Å². The summed E-state index contributed by atoms with van der Waals surface area (Å²) in [5, 5.41) is 11.8. The number of nitrogens with two attached hydrogens (primary N) is 1. The summed E-state index contributed by atoms with van der Waals surface area (Å²) in [7, 11) is 0. The summed E-state index contributed by atoms with van der Waals surface area (Å²) in [6, 6.07) is -0.482. The van der Waals surface area contributed by atoms with Crippen LogP contribution in [0.25, 0.3) is 0 Å². The zero-order valence-corrected chi connectivity index (χ0v) is 9.32. The quantitative estimate of drug-likeness (QED) is 0.629. The Bertz CT molecular complexity index is 225. The van der Waals surface area contributed by atoms with Crippen molar-refractivity contribution in [2.75, 3.05) is 6.61 Å². The molecule has 0 bridgehead atoms. The summed E-state index contributed by atoms with van der Waals surface area (Å²) in [5.41, 5.74) is 5.40. The Hall–Kier alpha value is -0.650. The molecule has 0 amide bonds. The lowest BCUT2D eigenvalue weighted by molar-refractivity contribution is -0.142. The molecule has 1 saturated heterocycles. The van der Waals surface area contributed by atoms with E-state index in [-0.39, 0.29) is 11.8 Å². The average molecular weight is 216 g/mol. The van der Waals surface area contributed by atoms with E-state index in [0.717, 1.165) is 12.8 Å². The standard InChI is InChI=1S/C10H20N2O3/c1-10(2,11)6-15-8-5-3-4-7(12-8)9(13)14/h7-8,12H,3-6,11H2,1-2H3,(H,13,14). The minimum Gasteiger partial charge on any atom is -0.480 e. The molecule has 0 aromatic carbocycles. The van der Waals surface area contributed by atoms with Crippen LogP contribution in [0.2, 0.25) is 0 Å².